The molecule has 7 nitrogen and oxygen atoms in total. The highest BCUT2D eigenvalue weighted by Gasteiger charge is 2.38. The van der Waals surface area contributed by atoms with Crippen molar-refractivity contribution in [1.29, 1.82) is 0 Å². The molecule has 0 fully saturated rings. The zero-order chi connectivity index (χ0) is 16.5. The van der Waals surface area contributed by atoms with Gasteiger partial charge in [-0.1, -0.05) is 20.8 Å². The number of nitrogens with one attached hydrogen (secondary N) is 1. The minimum Gasteiger partial charge on any atom is -0.474 e. The molecular weight excluding hydrogens is 302 g/mol. The normalized spacial score (nSPS) is 18.1. The molecule has 1 unspecified atom stereocenters. The zero-order valence-electron chi connectivity index (χ0n) is 13.7. The number of fused-ring (bicyclic) bond motifs is 1. The van der Waals surface area contributed by atoms with Gasteiger partial charge >= 0.3 is 0 Å². The van der Waals surface area contributed by atoms with Crippen LogP contribution in [0.3, 0.4) is 0 Å². The van der Waals surface area contributed by atoms with Crippen LogP contribution in [-0.4, -0.2) is 37.5 Å². The molecule has 1 atom stereocenters. The number of aromatic nitrogens is 1. The summed E-state index contributed by atoms with van der Waals surface area (Å²) in [5.74, 6) is 0.397. The van der Waals surface area contributed by atoms with Gasteiger partial charge in [-0.25, -0.2) is 4.98 Å². The molecule has 2 heterocycles. The Kier molecular flexibility index (Phi) is 4.43. The highest BCUT2D eigenvalue weighted by molar-refractivity contribution is 6.74. The van der Waals surface area contributed by atoms with E-state index in [-0.39, 0.29) is 16.8 Å². The number of anilines is 1. The van der Waals surface area contributed by atoms with Gasteiger partial charge in [0.25, 0.3) is 5.69 Å². The Morgan fingerprint density at radius 2 is 2.23 bits per heavy atom. The molecule has 1 aliphatic heterocycles. The van der Waals surface area contributed by atoms with E-state index in [4.69, 9.17) is 9.16 Å². The van der Waals surface area contributed by atoms with Crippen molar-refractivity contribution in [2.45, 2.75) is 44.9 Å². The third-order valence-corrected chi connectivity index (χ3v) is 8.78. The summed E-state index contributed by atoms with van der Waals surface area (Å²) in [4.78, 5) is 14.3. The number of ether oxygens (including phenoxy) is 1. The van der Waals surface area contributed by atoms with Crippen LogP contribution in [0.5, 0.6) is 5.88 Å². The average Bonchev–Trinajstić information content (AvgIpc) is 2.43. The van der Waals surface area contributed by atoms with Gasteiger partial charge in [-0.2, -0.15) is 0 Å². The van der Waals surface area contributed by atoms with E-state index in [9.17, 15) is 10.1 Å². The van der Waals surface area contributed by atoms with Crippen molar-refractivity contribution in [2.24, 2.45) is 0 Å². The van der Waals surface area contributed by atoms with Gasteiger partial charge in [-0.15, -0.1) is 0 Å². The van der Waals surface area contributed by atoms with Gasteiger partial charge in [0.1, 0.15) is 18.5 Å². The van der Waals surface area contributed by atoms with Gasteiger partial charge in [0, 0.05) is 6.07 Å². The minimum atomic E-state index is -1.83. The molecule has 2 rings (SSSR count). The van der Waals surface area contributed by atoms with E-state index in [2.05, 4.69) is 44.2 Å². The quantitative estimate of drug-likeness (QED) is 0.520. The topological polar surface area (TPSA) is 86.5 Å². The van der Waals surface area contributed by atoms with Gasteiger partial charge in [-0.3, -0.25) is 10.1 Å². The number of nitrogens with zero attached hydrogens (tertiary/aromatic N) is 2. The van der Waals surface area contributed by atoms with E-state index < -0.39 is 13.2 Å². The van der Waals surface area contributed by atoms with Crippen molar-refractivity contribution in [2.75, 3.05) is 18.5 Å². The lowest BCUT2D eigenvalue weighted by Crippen LogP contribution is -2.45. The lowest BCUT2D eigenvalue weighted by atomic mass is 10.2. The van der Waals surface area contributed by atoms with Gasteiger partial charge in [0.15, 0.2) is 8.32 Å². The molecule has 1 aromatic rings. The molecule has 0 amide bonds. The zero-order valence-corrected chi connectivity index (χ0v) is 14.7. The monoisotopic (exact) mass is 325 g/mol. The Balaban J connectivity index is 2.03. The lowest BCUT2D eigenvalue weighted by Gasteiger charge is -2.38. The Morgan fingerprint density at radius 3 is 2.82 bits per heavy atom. The molecule has 8 heteroatoms. The summed E-state index contributed by atoms with van der Waals surface area (Å²) in [5.41, 5.74) is 0.491. The van der Waals surface area contributed by atoms with Crippen LogP contribution in [0.1, 0.15) is 20.8 Å². The van der Waals surface area contributed by atoms with Crippen LogP contribution in [0.4, 0.5) is 11.4 Å². The third kappa shape index (κ3) is 3.56. The van der Waals surface area contributed by atoms with E-state index in [1.54, 1.807) is 0 Å². The molecule has 1 aromatic heterocycles. The van der Waals surface area contributed by atoms with E-state index in [1.807, 2.05) is 0 Å². The van der Waals surface area contributed by atoms with Gasteiger partial charge in [-0.05, 0) is 18.1 Å². The first-order chi connectivity index (χ1) is 10.1. The van der Waals surface area contributed by atoms with Crippen LogP contribution >= 0.6 is 0 Å². The van der Waals surface area contributed by atoms with Crippen molar-refractivity contribution in [3.05, 3.63) is 22.4 Å². The smallest absolute Gasteiger partial charge is 0.289 e. The molecular formula is C14H23N3O4Si. The standard InChI is InChI=1S/C14H23N3O4Si/c1-14(2,3)22(4,5)21-9-10-8-20-13-12(16-10)6-11(7-15-13)17(18)19/h6-7,10,16H,8-9H2,1-5H3. The molecule has 0 saturated heterocycles. The van der Waals surface area contributed by atoms with E-state index in [0.717, 1.165) is 0 Å². The predicted molar refractivity (Wildman–Crippen MR) is 86.9 cm³/mol. The van der Waals surface area contributed by atoms with Crippen LogP contribution in [-0.2, 0) is 4.43 Å². The van der Waals surface area contributed by atoms with Crippen LogP contribution in [0.15, 0.2) is 12.3 Å². The maximum Gasteiger partial charge on any atom is 0.289 e. The number of nitro groups is 1. The average molecular weight is 325 g/mol. The first-order valence-electron chi connectivity index (χ1n) is 7.28. The van der Waals surface area contributed by atoms with Crippen molar-refractivity contribution >= 4 is 19.7 Å². The molecule has 22 heavy (non-hydrogen) atoms. The Bertz CT molecular complexity index is 572. The molecule has 0 spiro atoms. The molecule has 1 aliphatic rings. The summed E-state index contributed by atoms with van der Waals surface area (Å²) in [5, 5.41) is 14.2. The second-order valence-corrected chi connectivity index (χ2v) is 11.8. The lowest BCUT2D eigenvalue weighted by molar-refractivity contribution is -0.385. The fraction of sp³-hybridized carbons (Fsp3) is 0.643. The van der Waals surface area contributed by atoms with Gasteiger partial charge < -0.3 is 14.5 Å². The van der Waals surface area contributed by atoms with Gasteiger partial charge in [0.2, 0.25) is 5.88 Å². The second-order valence-electron chi connectivity index (χ2n) is 7.03. The molecule has 0 saturated carbocycles. The molecule has 0 radical (unpaired) electrons. The van der Waals surface area contributed by atoms with Crippen LogP contribution in [0.25, 0.3) is 0 Å². The summed E-state index contributed by atoms with van der Waals surface area (Å²) in [7, 11) is -1.83. The fourth-order valence-corrected chi connectivity index (χ4v) is 2.87. The maximum absolute atomic E-state index is 10.8. The first-order valence-corrected chi connectivity index (χ1v) is 10.2. The van der Waals surface area contributed by atoms with Gasteiger partial charge in [0.05, 0.1) is 17.6 Å². The first kappa shape index (κ1) is 16.7. The number of rotatable bonds is 4. The van der Waals surface area contributed by atoms with Crippen LogP contribution in [0.2, 0.25) is 18.1 Å². The largest absolute Gasteiger partial charge is 0.474 e. The van der Waals surface area contributed by atoms with Crippen molar-refractivity contribution in [3.63, 3.8) is 0 Å². The summed E-state index contributed by atoms with van der Waals surface area (Å²) in [6, 6.07) is 1.41. The van der Waals surface area contributed by atoms with E-state index in [0.29, 0.717) is 24.8 Å². The number of pyridine rings is 1. The van der Waals surface area contributed by atoms with E-state index >= 15 is 0 Å². The van der Waals surface area contributed by atoms with Crippen molar-refractivity contribution in [3.8, 4) is 5.88 Å². The van der Waals surface area contributed by atoms with Crippen LogP contribution < -0.4 is 10.1 Å². The molecule has 1 N–H and O–H groups in total. The summed E-state index contributed by atoms with van der Waals surface area (Å²) >= 11 is 0. The van der Waals surface area contributed by atoms with Crippen LogP contribution in [0, 0.1) is 10.1 Å². The molecule has 0 aromatic carbocycles. The number of hydrogen-bond donors (Lipinski definition) is 1. The Morgan fingerprint density at radius 1 is 1.55 bits per heavy atom. The third-order valence-electron chi connectivity index (χ3n) is 4.28. The summed E-state index contributed by atoms with van der Waals surface area (Å²) < 4.78 is 11.7. The second kappa shape index (κ2) is 5.84. The van der Waals surface area contributed by atoms with Crippen molar-refractivity contribution < 1.29 is 14.1 Å². The minimum absolute atomic E-state index is 0.0366. The SMILES string of the molecule is CC(C)(C)[Si](C)(C)OCC1COc2ncc([N+](=O)[O-])cc2N1. The summed E-state index contributed by atoms with van der Waals surface area (Å²) in [6.07, 6.45) is 1.20. The molecule has 122 valence electrons. The fourth-order valence-electron chi connectivity index (χ4n) is 1.82. The number of hydrogen-bond acceptors (Lipinski definition) is 6. The Labute approximate surface area is 131 Å². The molecule has 0 aliphatic carbocycles. The summed E-state index contributed by atoms with van der Waals surface area (Å²) in [6.45, 7) is 11.9. The maximum atomic E-state index is 10.8. The molecule has 0 bridgehead atoms. The highest BCUT2D eigenvalue weighted by atomic mass is 28.4. The highest BCUT2D eigenvalue weighted by Crippen LogP contribution is 2.37. The Hall–Kier alpha value is -1.67. The van der Waals surface area contributed by atoms with E-state index in [1.165, 1.54) is 12.3 Å². The van der Waals surface area contributed by atoms with Crippen molar-refractivity contribution in [1.82, 2.24) is 4.98 Å². The predicted octanol–water partition coefficient (Wildman–Crippen LogP) is 3.18.